The number of nitrogens with one attached hydrogen (secondary N) is 1. The Kier molecular flexibility index (Phi) is 4.98. The lowest BCUT2D eigenvalue weighted by Gasteiger charge is -2.29. The van der Waals surface area contributed by atoms with Crippen LogP contribution in [0.15, 0.2) is 0 Å². The molecule has 0 aliphatic heterocycles. The van der Waals surface area contributed by atoms with Gasteiger partial charge in [0.05, 0.1) is 16.6 Å². The van der Waals surface area contributed by atoms with Crippen LogP contribution in [0.2, 0.25) is 0 Å². The molecule has 1 rings (SSSR count). The minimum atomic E-state index is -3.06. The lowest BCUT2D eigenvalue weighted by molar-refractivity contribution is 0.0921. The molecule has 0 amide bonds. The summed E-state index contributed by atoms with van der Waals surface area (Å²) in [6.45, 7) is 5.59. The van der Waals surface area contributed by atoms with Crippen molar-refractivity contribution in [3.05, 3.63) is 0 Å². The molecule has 1 saturated carbocycles. The molecule has 0 aromatic rings. The van der Waals surface area contributed by atoms with E-state index in [4.69, 9.17) is 0 Å². The molecule has 2 atom stereocenters. The average Bonchev–Trinajstić information content (AvgIpc) is 2.19. The van der Waals surface area contributed by atoms with E-state index >= 15 is 0 Å². The van der Waals surface area contributed by atoms with Crippen molar-refractivity contribution in [1.82, 2.24) is 5.32 Å². The zero-order chi connectivity index (χ0) is 13.1. The van der Waals surface area contributed by atoms with Crippen LogP contribution in [0, 0.1) is 0 Å². The Balaban J connectivity index is 2.37. The van der Waals surface area contributed by atoms with Crippen molar-refractivity contribution in [1.29, 1.82) is 0 Å². The number of rotatable bonds is 4. The maximum atomic E-state index is 11.9. The summed E-state index contributed by atoms with van der Waals surface area (Å²) in [6, 6.07) is 0.0684. The van der Waals surface area contributed by atoms with Crippen LogP contribution in [0.1, 0.15) is 46.5 Å². The third-order valence-corrected chi connectivity index (χ3v) is 6.05. The smallest absolute Gasteiger partial charge is 0.156 e. The van der Waals surface area contributed by atoms with Gasteiger partial charge < -0.3 is 10.4 Å². The van der Waals surface area contributed by atoms with Gasteiger partial charge in [0.2, 0.25) is 0 Å². The Labute approximate surface area is 105 Å². The zero-order valence-electron chi connectivity index (χ0n) is 11.1. The first-order valence-electron chi connectivity index (χ1n) is 6.38. The molecule has 102 valence electrons. The van der Waals surface area contributed by atoms with E-state index in [1.54, 1.807) is 20.8 Å². The van der Waals surface area contributed by atoms with Crippen molar-refractivity contribution in [2.75, 3.05) is 12.3 Å². The lowest BCUT2D eigenvalue weighted by atomic mass is 9.93. The third-order valence-electron chi connectivity index (χ3n) is 3.44. The highest BCUT2D eigenvalue weighted by Crippen LogP contribution is 2.19. The lowest BCUT2D eigenvalue weighted by Crippen LogP contribution is -2.45. The molecule has 17 heavy (non-hydrogen) atoms. The van der Waals surface area contributed by atoms with Crippen LogP contribution >= 0.6 is 0 Å². The van der Waals surface area contributed by atoms with Crippen LogP contribution in [-0.2, 0) is 9.84 Å². The van der Waals surface area contributed by atoms with Gasteiger partial charge in [-0.15, -0.1) is 0 Å². The minimum Gasteiger partial charge on any atom is -0.392 e. The van der Waals surface area contributed by atoms with Crippen molar-refractivity contribution in [3.63, 3.8) is 0 Å². The van der Waals surface area contributed by atoms with Gasteiger partial charge in [-0.1, -0.05) is 12.8 Å². The van der Waals surface area contributed by atoms with Gasteiger partial charge in [0, 0.05) is 12.6 Å². The zero-order valence-corrected chi connectivity index (χ0v) is 11.9. The van der Waals surface area contributed by atoms with Crippen molar-refractivity contribution in [2.45, 2.75) is 63.3 Å². The molecule has 2 N–H and O–H groups in total. The predicted molar refractivity (Wildman–Crippen MR) is 69.8 cm³/mol. The maximum Gasteiger partial charge on any atom is 0.156 e. The van der Waals surface area contributed by atoms with Crippen molar-refractivity contribution in [2.24, 2.45) is 0 Å². The Morgan fingerprint density at radius 1 is 1.24 bits per heavy atom. The van der Waals surface area contributed by atoms with Crippen molar-refractivity contribution in [3.8, 4) is 0 Å². The fourth-order valence-corrected chi connectivity index (χ4v) is 3.03. The molecular formula is C12H25NO3S. The van der Waals surface area contributed by atoms with Crippen molar-refractivity contribution < 1.29 is 13.5 Å². The number of aliphatic hydroxyl groups excluding tert-OH is 1. The number of hydrogen-bond acceptors (Lipinski definition) is 4. The Morgan fingerprint density at radius 3 is 2.35 bits per heavy atom. The van der Waals surface area contributed by atoms with Gasteiger partial charge in [-0.3, -0.25) is 0 Å². The van der Waals surface area contributed by atoms with E-state index in [2.05, 4.69) is 5.32 Å². The molecule has 0 spiro atoms. The van der Waals surface area contributed by atoms with Gasteiger partial charge >= 0.3 is 0 Å². The fraction of sp³-hybridized carbons (Fsp3) is 1.00. The van der Waals surface area contributed by atoms with Crippen LogP contribution in [0.25, 0.3) is 0 Å². The summed E-state index contributed by atoms with van der Waals surface area (Å²) in [4.78, 5) is 0. The average molecular weight is 263 g/mol. The third kappa shape index (κ3) is 4.23. The Hall–Kier alpha value is -0.130. The quantitative estimate of drug-likeness (QED) is 0.797. The maximum absolute atomic E-state index is 11.9. The van der Waals surface area contributed by atoms with Crippen LogP contribution in [-0.4, -0.2) is 42.7 Å². The molecule has 0 aromatic heterocycles. The summed E-state index contributed by atoms with van der Waals surface area (Å²) >= 11 is 0. The minimum absolute atomic E-state index is 0.0684. The largest absolute Gasteiger partial charge is 0.392 e. The first-order chi connectivity index (χ1) is 7.74. The summed E-state index contributed by atoms with van der Waals surface area (Å²) in [5, 5.41) is 12.9. The predicted octanol–water partition coefficient (Wildman–Crippen LogP) is 1.09. The number of sulfone groups is 1. The highest BCUT2D eigenvalue weighted by Gasteiger charge is 2.29. The van der Waals surface area contributed by atoms with Gasteiger partial charge in [0.15, 0.2) is 9.84 Å². The summed E-state index contributed by atoms with van der Waals surface area (Å²) in [7, 11) is -3.06. The first-order valence-corrected chi connectivity index (χ1v) is 8.03. The topological polar surface area (TPSA) is 66.4 Å². The molecule has 1 aliphatic rings. The van der Waals surface area contributed by atoms with Gasteiger partial charge in [0.25, 0.3) is 0 Å². The highest BCUT2D eigenvalue weighted by atomic mass is 32.2. The second-order valence-electron chi connectivity index (χ2n) is 5.84. The molecule has 5 heteroatoms. The van der Waals surface area contributed by atoms with E-state index in [0.29, 0.717) is 6.54 Å². The molecule has 0 radical (unpaired) electrons. The molecule has 1 aliphatic carbocycles. The second kappa shape index (κ2) is 5.67. The number of aliphatic hydroxyl groups is 1. The molecular weight excluding hydrogens is 238 g/mol. The summed E-state index contributed by atoms with van der Waals surface area (Å²) in [6.07, 6.45) is 3.63. The van der Waals surface area contributed by atoms with E-state index in [-0.39, 0.29) is 17.9 Å². The molecule has 0 aromatic carbocycles. The normalized spacial score (nSPS) is 27.1. The van der Waals surface area contributed by atoms with Gasteiger partial charge in [-0.25, -0.2) is 8.42 Å². The number of hydrogen-bond donors (Lipinski definition) is 2. The first kappa shape index (κ1) is 14.9. The standard InChI is InChI=1S/C12H25NO3S/c1-12(2,3)17(15,16)9-8-13-10-6-4-5-7-11(10)14/h10-11,13-14H,4-9H2,1-3H3. The second-order valence-corrected chi connectivity index (χ2v) is 8.71. The summed E-state index contributed by atoms with van der Waals surface area (Å²) in [5.41, 5.74) is 0. The highest BCUT2D eigenvalue weighted by molar-refractivity contribution is 7.92. The van der Waals surface area contributed by atoms with E-state index < -0.39 is 14.6 Å². The van der Waals surface area contributed by atoms with Crippen LogP contribution < -0.4 is 5.32 Å². The van der Waals surface area contributed by atoms with Crippen LogP contribution in [0.5, 0.6) is 0 Å². The molecule has 0 bridgehead atoms. The SMILES string of the molecule is CC(C)(C)S(=O)(=O)CCNC1CCCCC1O. The van der Waals surface area contributed by atoms with Gasteiger partial charge in [-0.2, -0.15) is 0 Å². The summed E-state index contributed by atoms with van der Waals surface area (Å²) < 4.78 is 23.1. The van der Waals surface area contributed by atoms with Gasteiger partial charge in [0.1, 0.15) is 0 Å². The molecule has 0 saturated heterocycles. The molecule has 2 unspecified atom stereocenters. The Morgan fingerprint density at radius 2 is 1.82 bits per heavy atom. The fourth-order valence-electron chi connectivity index (χ4n) is 2.03. The van der Waals surface area contributed by atoms with Gasteiger partial charge in [-0.05, 0) is 33.6 Å². The van der Waals surface area contributed by atoms with E-state index in [1.807, 2.05) is 0 Å². The molecule has 1 fully saturated rings. The van der Waals surface area contributed by atoms with Crippen LogP contribution in [0.4, 0.5) is 0 Å². The Bertz CT molecular complexity index is 332. The van der Waals surface area contributed by atoms with Crippen molar-refractivity contribution >= 4 is 9.84 Å². The van der Waals surface area contributed by atoms with Crippen LogP contribution in [0.3, 0.4) is 0 Å². The summed E-state index contributed by atoms with van der Waals surface area (Å²) in [5.74, 6) is 0.139. The van der Waals surface area contributed by atoms with E-state index in [1.165, 1.54) is 0 Å². The monoisotopic (exact) mass is 263 g/mol. The molecule has 0 heterocycles. The molecule has 4 nitrogen and oxygen atoms in total. The van der Waals surface area contributed by atoms with E-state index in [9.17, 15) is 13.5 Å². The van der Waals surface area contributed by atoms with E-state index in [0.717, 1.165) is 25.7 Å².